The molecule has 0 bridgehead atoms. The van der Waals surface area contributed by atoms with Gasteiger partial charge in [-0.25, -0.2) is 4.79 Å². The number of carbonyl (C=O) groups is 1. The molecule has 2 aromatic rings. The fourth-order valence-electron chi connectivity index (χ4n) is 1.51. The molecule has 0 N–H and O–H groups in total. The first-order valence-corrected chi connectivity index (χ1v) is 4.43. The summed E-state index contributed by atoms with van der Waals surface area (Å²) >= 11 is 0. The molecule has 72 valence electrons. The van der Waals surface area contributed by atoms with Crippen molar-refractivity contribution >= 4 is 22.8 Å². The number of isocyanates is 1. The highest BCUT2D eigenvalue weighted by molar-refractivity contribution is 6.08. The summed E-state index contributed by atoms with van der Waals surface area (Å²) in [5.41, 5.74) is 0.427. The van der Waals surface area contributed by atoms with Gasteiger partial charge in [0.15, 0.2) is 0 Å². The van der Waals surface area contributed by atoms with E-state index in [-0.39, 0.29) is 0 Å². The molecule has 0 spiro atoms. The average Bonchev–Trinajstić information content (AvgIpc) is 2.28. The largest absolute Gasteiger partial charge is 0.288 e. The number of benzene rings is 2. The van der Waals surface area contributed by atoms with Crippen LogP contribution >= 0.6 is 0 Å². The molecule has 0 aliphatic carbocycles. The second kappa shape index (κ2) is 3.86. The molecule has 3 nitrogen and oxygen atoms in total. The fraction of sp³-hybridized carbons (Fsp3) is 0. The monoisotopic (exact) mass is 197 g/mol. The van der Waals surface area contributed by atoms with Crippen LogP contribution in [0, 0.1) is 0 Å². The van der Waals surface area contributed by atoms with E-state index in [9.17, 15) is 9.59 Å². The minimum absolute atomic E-state index is 0.427. The molecule has 0 aliphatic heterocycles. The van der Waals surface area contributed by atoms with E-state index < -0.39 is 5.91 Å². The van der Waals surface area contributed by atoms with E-state index >= 15 is 0 Å². The van der Waals surface area contributed by atoms with Gasteiger partial charge in [-0.3, -0.25) is 4.79 Å². The van der Waals surface area contributed by atoms with Crippen LogP contribution in [0.25, 0.3) is 10.8 Å². The number of amides is 1. The van der Waals surface area contributed by atoms with Crippen LogP contribution in [-0.2, 0) is 4.79 Å². The van der Waals surface area contributed by atoms with Crippen molar-refractivity contribution in [2.45, 2.75) is 0 Å². The molecule has 1 amide bonds. The molecule has 0 aromatic heterocycles. The van der Waals surface area contributed by atoms with E-state index in [4.69, 9.17) is 0 Å². The molecule has 0 saturated heterocycles. The smallest absolute Gasteiger partial charge is 0.266 e. The minimum atomic E-state index is -0.554. The number of fused-ring (bicyclic) bond motifs is 1. The maximum atomic E-state index is 11.4. The van der Waals surface area contributed by atoms with Crippen LogP contribution in [0.2, 0.25) is 0 Å². The summed E-state index contributed by atoms with van der Waals surface area (Å²) < 4.78 is 0. The van der Waals surface area contributed by atoms with Gasteiger partial charge in [0.1, 0.15) is 0 Å². The summed E-state index contributed by atoms with van der Waals surface area (Å²) in [4.78, 5) is 24.5. The number of rotatable bonds is 1. The molecule has 2 aromatic carbocycles. The van der Waals surface area contributed by atoms with E-state index in [2.05, 4.69) is 4.99 Å². The second-order valence-corrected chi connectivity index (χ2v) is 3.03. The number of nitrogens with zero attached hydrogens (tertiary/aromatic N) is 1. The highest BCUT2D eigenvalue weighted by Crippen LogP contribution is 2.18. The predicted molar refractivity (Wildman–Crippen MR) is 56.4 cm³/mol. The molecule has 0 saturated carbocycles. The summed E-state index contributed by atoms with van der Waals surface area (Å²) in [6.07, 6.45) is 1.26. The molecule has 0 radical (unpaired) electrons. The summed E-state index contributed by atoms with van der Waals surface area (Å²) in [6.45, 7) is 0. The van der Waals surface area contributed by atoms with Crippen LogP contribution < -0.4 is 0 Å². The van der Waals surface area contributed by atoms with Gasteiger partial charge in [0, 0.05) is 0 Å². The summed E-state index contributed by atoms with van der Waals surface area (Å²) in [6, 6.07) is 12.8. The van der Waals surface area contributed by atoms with Gasteiger partial charge in [0.05, 0.1) is 5.56 Å². The Bertz CT molecular complexity index is 563. The Morgan fingerprint density at radius 1 is 1.07 bits per heavy atom. The Kier molecular flexibility index (Phi) is 2.40. The zero-order chi connectivity index (χ0) is 10.7. The van der Waals surface area contributed by atoms with Crippen molar-refractivity contribution in [2.24, 2.45) is 4.99 Å². The second-order valence-electron chi connectivity index (χ2n) is 3.03. The standard InChI is InChI=1S/C12H7NO2/c14-8-13-12(15)11-7-3-5-9-4-1-2-6-10(9)11/h1-7H. The fourth-order valence-corrected chi connectivity index (χ4v) is 1.51. The SMILES string of the molecule is O=C=NC(=O)c1cccc2ccccc12. The van der Waals surface area contributed by atoms with Gasteiger partial charge >= 0.3 is 0 Å². The van der Waals surface area contributed by atoms with Crippen molar-refractivity contribution in [1.82, 2.24) is 0 Å². The molecule has 0 fully saturated rings. The van der Waals surface area contributed by atoms with E-state index in [0.29, 0.717) is 5.56 Å². The molecular weight excluding hydrogens is 190 g/mol. The van der Waals surface area contributed by atoms with Gasteiger partial charge in [-0.1, -0.05) is 36.4 Å². The Labute approximate surface area is 86.1 Å². The Balaban J connectivity index is 2.71. The van der Waals surface area contributed by atoms with Gasteiger partial charge in [-0.15, -0.1) is 4.99 Å². The van der Waals surface area contributed by atoms with Crippen molar-refractivity contribution in [3.05, 3.63) is 48.0 Å². The molecular formula is C12H7NO2. The van der Waals surface area contributed by atoms with Crippen molar-refractivity contribution in [1.29, 1.82) is 0 Å². The first-order valence-electron chi connectivity index (χ1n) is 4.43. The lowest BCUT2D eigenvalue weighted by Gasteiger charge is -2.00. The lowest BCUT2D eigenvalue weighted by molar-refractivity contribution is 0.100. The van der Waals surface area contributed by atoms with E-state index in [1.54, 1.807) is 12.1 Å². The third-order valence-corrected chi connectivity index (χ3v) is 2.17. The maximum Gasteiger partial charge on any atom is 0.288 e. The molecule has 2 rings (SSSR count). The van der Waals surface area contributed by atoms with Crippen molar-refractivity contribution < 1.29 is 9.59 Å². The number of aliphatic imine (C=N–C) groups is 1. The Morgan fingerprint density at radius 3 is 2.60 bits per heavy atom. The first kappa shape index (κ1) is 9.31. The average molecular weight is 197 g/mol. The van der Waals surface area contributed by atoms with Gasteiger partial charge in [-0.2, -0.15) is 0 Å². The van der Waals surface area contributed by atoms with Crippen LogP contribution in [0.1, 0.15) is 10.4 Å². The lowest BCUT2D eigenvalue weighted by Crippen LogP contribution is -1.95. The third kappa shape index (κ3) is 1.68. The van der Waals surface area contributed by atoms with Gasteiger partial charge in [-0.05, 0) is 16.8 Å². The van der Waals surface area contributed by atoms with Gasteiger partial charge in [0.2, 0.25) is 6.08 Å². The van der Waals surface area contributed by atoms with Crippen molar-refractivity contribution in [3.63, 3.8) is 0 Å². The minimum Gasteiger partial charge on any atom is -0.266 e. The zero-order valence-corrected chi connectivity index (χ0v) is 7.81. The molecule has 0 heterocycles. The molecule has 0 atom stereocenters. The summed E-state index contributed by atoms with van der Waals surface area (Å²) in [7, 11) is 0. The van der Waals surface area contributed by atoms with Crippen LogP contribution in [0.15, 0.2) is 47.5 Å². The quantitative estimate of drug-likeness (QED) is 0.520. The molecule has 0 aliphatic rings. The normalized spacial score (nSPS) is 9.60. The van der Waals surface area contributed by atoms with Crippen LogP contribution in [-0.4, -0.2) is 12.0 Å². The van der Waals surface area contributed by atoms with Crippen molar-refractivity contribution in [3.8, 4) is 0 Å². The van der Waals surface area contributed by atoms with Gasteiger partial charge < -0.3 is 0 Å². The van der Waals surface area contributed by atoms with E-state index in [1.165, 1.54) is 6.08 Å². The Morgan fingerprint density at radius 2 is 1.80 bits per heavy atom. The van der Waals surface area contributed by atoms with E-state index in [0.717, 1.165) is 10.8 Å². The van der Waals surface area contributed by atoms with Crippen LogP contribution in [0.5, 0.6) is 0 Å². The highest BCUT2D eigenvalue weighted by atomic mass is 16.2. The maximum absolute atomic E-state index is 11.4. The highest BCUT2D eigenvalue weighted by Gasteiger charge is 2.07. The molecule has 3 heteroatoms. The topological polar surface area (TPSA) is 46.5 Å². The molecule has 0 unspecified atom stereocenters. The number of carbonyl (C=O) groups excluding carboxylic acids is 2. The van der Waals surface area contributed by atoms with Gasteiger partial charge in [0.25, 0.3) is 5.91 Å². The third-order valence-electron chi connectivity index (χ3n) is 2.17. The zero-order valence-electron chi connectivity index (χ0n) is 7.81. The predicted octanol–water partition coefficient (Wildman–Crippen LogP) is 2.32. The number of hydrogen-bond acceptors (Lipinski definition) is 2. The lowest BCUT2D eigenvalue weighted by atomic mass is 10.0. The summed E-state index contributed by atoms with van der Waals surface area (Å²) in [5, 5.41) is 1.74. The molecule has 15 heavy (non-hydrogen) atoms. The van der Waals surface area contributed by atoms with Crippen LogP contribution in [0.4, 0.5) is 0 Å². The Hall–Kier alpha value is -2.25. The van der Waals surface area contributed by atoms with E-state index in [1.807, 2.05) is 30.3 Å². The van der Waals surface area contributed by atoms with Crippen molar-refractivity contribution in [2.75, 3.05) is 0 Å². The number of hydrogen-bond donors (Lipinski definition) is 0. The summed E-state index contributed by atoms with van der Waals surface area (Å²) in [5.74, 6) is -0.554. The first-order chi connectivity index (χ1) is 7.33. The van der Waals surface area contributed by atoms with Crippen LogP contribution in [0.3, 0.4) is 0 Å².